The van der Waals surface area contributed by atoms with Gasteiger partial charge in [0.05, 0.1) is 17.8 Å². The van der Waals surface area contributed by atoms with Crippen LogP contribution in [0.25, 0.3) is 0 Å². The molecule has 0 atom stereocenters. The standard InChI is InChI=1S/C12H15ClN2O5S/c1-20-11-7-10(9(13)6-8(11)12(16)17)14-21(18,19)15-4-2-3-5-15/h6-7,14H,2-5H2,1H3,(H,16,17). The maximum atomic E-state index is 12.2. The van der Waals surface area contributed by atoms with Gasteiger partial charge in [-0.15, -0.1) is 0 Å². The van der Waals surface area contributed by atoms with E-state index in [0.717, 1.165) is 18.9 Å². The monoisotopic (exact) mass is 334 g/mol. The fraction of sp³-hybridized carbons (Fsp3) is 0.417. The molecule has 2 rings (SSSR count). The highest BCUT2D eigenvalue weighted by Gasteiger charge is 2.26. The Balaban J connectivity index is 2.34. The predicted molar refractivity (Wildman–Crippen MR) is 78.3 cm³/mol. The topological polar surface area (TPSA) is 95.9 Å². The molecule has 116 valence electrons. The van der Waals surface area contributed by atoms with Gasteiger partial charge in [-0.05, 0) is 18.9 Å². The van der Waals surface area contributed by atoms with Gasteiger partial charge in [-0.25, -0.2) is 4.79 Å². The van der Waals surface area contributed by atoms with Crippen molar-refractivity contribution in [3.8, 4) is 5.75 Å². The molecule has 21 heavy (non-hydrogen) atoms. The van der Waals surface area contributed by atoms with Crippen LogP contribution in [-0.4, -0.2) is 44.0 Å². The molecular formula is C12H15ClN2O5S. The van der Waals surface area contributed by atoms with Crippen LogP contribution in [0.2, 0.25) is 5.02 Å². The Labute approximate surface area is 127 Å². The Hall–Kier alpha value is -1.51. The summed E-state index contributed by atoms with van der Waals surface area (Å²) in [6.07, 6.45) is 1.63. The zero-order valence-corrected chi connectivity index (χ0v) is 12.9. The molecule has 1 aromatic rings. The number of halogens is 1. The molecule has 2 N–H and O–H groups in total. The Bertz CT molecular complexity index is 656. The molecule has 1 aliphatic heterocycles. The summed E-state index contributed by atoms with van der Waals surface area (Å²) in [5.41, 5.74) is -0.0444. The first-order valence-corrected chi connectivity index (χ1v) is 8.05. The summed E-state index contributed by atoms with van der Waals surface area (Å²) in [5.74, 6) is -1.17. The van der Waals surface area contributed by atoms with Crippen molar-refractivity contribution in [2.45, 2.75) is 12.8 Å². The summed E-state index contributed by atoms with van der Waals surface area (Å²) in [7, 11) is -2.40. The molecule has 1 aromatic carbocycles. The third-order valence-electron chi connectivity index (χ3n) is 3.16. The minimum Gasteiger partial charge on any atom is -0.496 e. The molecule has 0 unspecified atom stereocenters. The van der Waals surface area contributed by atoms with Crippen LogP contribution in [-0.2, 0) is 10.2 Å². The number of carboxylic acid groups (broad SMARTS) is 1. The van der Waals surface area contributed by atoms with Gasteiger partial charge in [0.2, 0.25) is 0 Å². The predicted octanol–water partition coefficient (Wildman–Crippen LogP) is 1.80. The van der Waals surface area contributed by atoms with Crippen LogP contribution in [0.3, 0.4) is 0 Å². The van der Waals surface area contributed by atoms with Crippen molar-refractivity contribution < 1.29 is 23.1 Å². The summed E-state index contributed by atoms with van der Waals surface area (Å²) in [5, 5.41) is 9.03. The minimum atomic E-state index is -3.70. The van der Waals surface area contributed by atoms with Crippen molar-refractivity contribution in [1.82, 2.24) is 4.31 Å². The number of anilines is 1. The van der Waals surface area contributed by atoms with Crippen LogP contribution in [0.15, 0.2) is 12.1 Å². The van der Waals surface area contributed by atoms with Crippen molar-refractivity contribution in [3.63, 3.8) is 0 Å². The molecule has 0 saturated carbocycles. The minimum absolute atomic E-state index is 0.00373. The molecule has 0 aliphatic carbocycles. The molecule has 1 saturated heterocycles. The fourth-order valence-corrected chi connectivity index (χ4v) is 3.68. The smallest absolute Gasteiger partial charge is 0.339 e. The second-order valence-corrected chi connectivity index (χ2v) is 6.63. The lowest BCUT2D eigenvalue weighted by Crippen LogP contribution is -2.33. The number of carboxylic acids is 1. The summed E-state index contributed by atoms with van der Waals surface area (Å²) in [4.78, 5) is 11.1. The van der Waals surface area contributed by atoms with E-state index in [2.05, 4.69) is 4.72 Å². The van der Waals surface area contributed by atoms with Gasteiger partial charge < -0.3 is 9.84 Å². The van der Waals surface area contributed by atoms with Crippen LogP contribution in [0, 0.1) is 0 Å². The first-order chi connectivity index (χ1) is 9.85. The summed E-state index contributed by atoms with van der Waals surface area (Å²) in [6.45, 7) is 0.911. The van der Waals surface area contributed by atoms with E-state index >= 15 is 0 Å². The van der Waals surface area contributed by atoms with Crippen LogP contribution >= 0.6 is 11.6 Å². The molecule has 0 spiro atoms. The lowest BCUT2D eigenvalue weighted by Gasteiger charge is -2.18. The lowest BCUT2D eigenvalue weighted by atomic mass is 10.2. The number of hydrogen-bond donors (Lipinski definition) is 2. The highest BCUT2D eigenvalue weighted by molar-refractivity contribution is 7.90. The summed E-state index contributed by atoms with van der Waals surface area (Å²) >= 11 is 5.95. The maximum Gasteiger partial charge on any atom is 0.339 e. The van der Waals surface area contributed by atoms with E-state index < -0.39 is 16.2 Å². The Morgan fingerprint density at radius 3 is 2.52 bits per heavy atom. The van der Waals surface area contributed by atoms with Crippen molar-refractivity contribution in [1.29, 1.82) is 0 Å². The molecule has 9 heteroatoms. The third kappa shape index (κ3) is 3.39. The van der Waals surface area contributed by atoms with E-state index in [-0.39, 0.29) is 22.0 Å². The van der Waals surface area contributed by atoms with Gasteiger partial charge in [0.1, 0.15) is 11.3 Å². The normalized spacial score (nSPS) is 15.9. The lowest BCUT2D eigenvalue weighted by molar-refractivity contribution is 0.0693. The van der Waals surface area contributed by atoms with Gasteiger partial charge in [-0.2, -0.15) is 12.7 Å². The largest absolute Gasteiger partial charge is 0.496 e. The molecule has 7 nitrogen and oxygen atoms in total. The second-order valence-electron chi connectivity index (χ2n) is 4.55. The van der Waals surface area contributed by atoms with Gasteiger partial charge in [0, 0.05) is 19.2 Å². The van der Waals surface area contributed by atoms with Crippen molar-refractivity contribution in [2.24, 2.45) is 0 Å². The molecule has 0 amide bonds. The number of benzene rings is 1. The average Bonchev–Trinajstić information content (AvgIpc) is 2.95. The third-order valence-corrected chi connectivity index (χ3v) is 5.00. The number of nitrogens with zero attached hydrogens (tertiary/aromatic N) is 1. The van der Waals surface area contributed by atoms with E-state index in [1.165, 1.54) is 17.5 Å². The Kier molecular flexibility index (Phi) is 4.60. The number of methoxy groups -OCH3 is 1. The van der Waals surface area contributed by atoms with E-state index in [1.54, 1.807) is 0 Å². The van der Waals surface area contributed by atoms with E-state index in [4.69, 9.17) is 21.4 Å². The van der Waals surface area contributed by atoms with Crippen LogP contribution < -0.4 is 9.46 Å². The number of ether oxygens (including phenoxy) is 1. The van der Waals surface area contributed by atoms with E-state index in [9.17, 15) is 13.2 Å². The van der Waals surface area contributed by atoms with Crippen molar-refractivity contribution >= 4 is 33.5 Å². The van der Waals surface area contributed by atoms with Gasteiger partial charge in [0.15, 0.2) is 0 Å². The highest BCUT2D eigenvalue weighted by atomic mass is 35.5. The van der Waals surface area contributed by atoms with Gasteiger partial charge >= 0.3 is 16.2 Å². The van der Waals surface area contributed by atoms with Crippen molar-refractivity contribution in [3.05, 3.63) is 22.7 Å². The van der Waals surface area contributed by atoms with E-state index in [1.807, 2.05) is 0 Å². The second kappa shape index (κ2) is 6.08. The molecule has 0 bridgehead atoms. The van der Waals surface area contributed by atoms with Gasteiger partial charge in [-0.1, -0.05) is 11.6 Å². The molecular weight excluding hydrogens is 320 g/mol. The molecule has 1 aliphatic rings. The van der Waals surface area contributed by atoms with Crippen LogP contribution in [0.4, 0.5) is 5.69 Å². The summed E-state index contributed by atoms with van der Waals surface area (Å²) in [6, 6.07) is 2.42. The Morgan fingerprint density at radius 2 is 2.00 bits per heavy atom. The van der Waals surface area contributed by atoms with E-state index in [0.29, 0.717) is 13.1 Å². The number of nitrogens with one attached hydrogen (secondary N) is 1. The Morgan fingerprint density at radius 1 is 1.38 bits per heavy atom. The number of carbonyl (C=O) groups is 1. The summed E-state index contributed by atoms with van der Waals surface area (Å²) < 4.78 is 33.0. The maximum absolute atomic E-state index is 12.2. The first kappa shape index (κ1) is 15.9. The van der Waals surface area contributed by atoms with Crippen LogP contribution in [0.5, 0.6) is 5.75 Å². The SMILES string of the molecule is COc1cc(NS(=O)(=O)N2CCCC2)c(Cl)cc1C(=O)O. The first-order valence-electron chi connectivity index (χ1n) is 6.24. The zero-order valence-electron chi connectivity index (χ0n) is 11.3. The number of rotatable bonds is 5. The fourth-order valence-electron chi connectivity index (χ4n) is 2.10. The van der Waals surface area contributed by atoms with Gasteiger partial charge in [-0.3, -0.25) is 4.72 Å². The molecule has 1 fully saturated rings. The average molecular weight is 335 g/mol. The van der Waals surface area contributed by atoms with Crippen molar-refractivity contribution in [2.75, 3.05) is 24.9 Å². The molecule has 0 aromatic heterocycles. The number of aromatic carboxylic acids is 1. The quantitative estimate of drug-likeness (QED) is 0.856. The molecule has 0 radical (unpaired) electrons. The zero-order chi connectivity index (χ0) is 15.6. The van der Waals surface area contributed by atoms with Crippen LogP contribution in [0.1, 0.15) is 23.2 Å². The highest BCUT2D eigenvalue weighted by Crippen LogP contribution is 2.32. The number of hydrogen-bond acceptors (Lipinski definition) is 4. The van der Waals surface area contributed by atoms with Gasteiger partial charge in [0.25, 0.3) is 0 Å². The molecule has 1 heterocycles.